The number of sulfonamides is 1. The minimum absolute atomic E-state index is 0.304. The number of rotatable bonds is 6. The second-order valence-corrected chi connectivity index (χ2v) is 6.41. The van der Waals surface area contributed by atoms with Crippen LogP contribution in [0.15, 0.2) is 4.90 Å². The Morgan fingerprint density at radius 2 is 2.00 bits per heavy atom. The molecule has 7 heteroatoms. The maximum absolute atomic E-state index is 12.1. The van der Waals surface area contributed by atoms with Crippen molar-refractivity contribution in [2.75, 3.05) is 11.9 Å². The van der Waals surface area contributed by atoms with E-state index in [2.05, 4.69) is 25.8 Å². The van der Waals surface area contributed by atoms with E-state index in [1.165, 1.54) is 0 Å². The van der Waals surface area contributed by atoms with Gasteiger partial charge in [0.05, 0.1) is 11.4 Å². The highest BCUT2D eigenvalue weighted by molar-refractivity contribution is 9.09. The van der Waals surface area contributed by atoms with E-state index in [4.69, 9.17) is 0 Å². The Balaban J connectivity index is 2.83. The van der Waals surface area contributed by atoms with Crippen molar-refractivity contribution in [2.24, 2.45) is 7.05 Å². The molecule has 98 valence electrons. The van der Waals surface area contributed by atoms with Gasteiger partial charge in [-0.25, -0.2) is 13.1 Å². The lowest BCUT2D eigenvalue weighted by molar-refractivity contribution is 0.577. The van der Waals surface area contributed by atoms with Gasteiger partial charge in [-0.2, -0.15) is 5.10 Å². The van der Waals surface area contributed by atoms with Gasteiger partial charge < -0.3 is 0 Å². The lowest BCUT2D eigenvalue weighted by Gasteiger charge is -2.06. The van der Waals surface area contributed by atoms with Crippen molar-refractivity contribution in [1.29, 1.82) is 0 Å². The fraction of sp³-hybridized carbons (Fsp3) is 0.700. The quantitative estimate of drug-likeness (QED) is 0.637. The van der Waals surface area contributed by atoms with Gasteiger partial charge in [-0.15, -0.1) is 0 Å². The fourth-order valence-electron chi connectivity index (χ4n) is 1.64. The van der Waals surface area contributed by atoms with E-state index in [9.17, 15) is 8.42 Å². The van der Waals surface area contributed by atoms with Crippen LogP contribution in [-0.2, 0) is 17.1 Å². The van der Waals surface area contributed by atoms with Crippen LogP contribution < -0.4 is 4.72 Å². The highest BCUT2D eigenvalue weighted by atomic mass is 79.9. The van der Waals surface area contributed by atoms with Crippen molar-refractivity contribution in [3.63, 3.8) is 0 Å². The molecule has 0 aromatic carbocycles. The number of aromatic nitrogens is 2. The van der Waals surface area contributed by atoms with Gasteiger partial charge in [0.1, 0.15) is 4.90 Å². The summed E-state index contributed by atoms with van der Waals surface area (Å²) in [5.41, 5.74) is 1.20. The number of alkyl halides is 1. The van der Waals surface area contributed by atoms with Gasteiger partial charge in [0.2, 0.25) is 10.0 Å². The third-order valence-corrected chi connectivity index (χ3v) is 4.84. The molecule has 0 amide bonds. The van der Waals surface area contributed by atoms with Crippen molar-refractivity contribution in [2.45, 2.75) is 31.6 Å². The number of aryl methyl sites for hydroxylation is 2. The van der Waals surface area contributed by atoms with Crippen LogP contribution in [-0.4, -0.2) is 30.1 Å². The van der Waals surface area contributed by atoms with Crippen LogP contribution >= 0.6 is 15.9 Å². The molecular weight excluding hydrogens is 306 g/mol. The summed E-state index contributed by atoms with van der Waals surface area (Å²) in [7, 11) is -1.69. The van der Waals surface area contributed by atoms with Gasteiger partial charge in [-0.05, 0) is 26.7 Å². The molecule has 0 saturated heterocycles. The minimum Gasteiger partial charge on any atom is -0.271 e. The largest absolute Gasteiger partial charge is 0.271 e. The van der Waals surface area contributed by atoms with Gasteiger partial charge >= 0.3 is 0 Å². The Morgan fingerprint density at radius 1 is 1.35 bits per heavy atom. The number of nitrogens with zero attached hydrogens (tertiary/aromatic N) is 2. The summed E-state index contributed by atoms with van der Waals surface area (Å²) in [5.74, 6) is 0. The lowest BCUT2D eigenvalue weighted by Crippen LogP contribution is -2.25. The van der Waals surface area contributed by atoms with Crippen molar-refractivity contribution >= 4 is 26.0 Å². The zero-order valence-electron chi connectivity index (χ0n) is 10.3. The average Bonchev–Trinajstić information content (AvgIpc) is 2.48. The Labute approximate surface area is 111 Å². The van der Waals surface area contributed by atoms with E-state index in [0.29, 0.717) is 22.8 Å². The number of unbranched alkanes of at least 4 members (excludes halogenated alkanes) is 1. The second-order valence-electron chi connectivity index (χ2n) is 3.92. The molecule has 1 N–H and O–H groups in total. The standard InChI is InChI=1S/C10H18BrN3O2S/c1-8-10(9(2)14(3)13-8)17(15,16)12-7-5-4-6-11/h12H,4-7H2,1-3H3. The molecule has 0 aliphatic heterocycles. The van der Waals surface area contributed by atoms with Crippen LogP contribution in [0.2, 0.25) is 0 Å². The average molecular weight is 324 g/mol. The summed E-state index contributed by atoms with van der Waals surface area (Å²) in [6.07, 6.45) is 1.77. The normalized spacial score (nSPS) is 12.0. The van der Waals surface area contributed by atoms with Crippen LogP contribution in [0.3, 0.4) is 0 Å². The molecule has 1 aromatic rings. The molecule has 1 heterocycles. The number of hydrogen-bond acceptors (Lipinski definition) is 3. The Morgan fingerprint density at radius 3 is 2.47 bits per heavy atom. The Hall–Kier alpha value is -0.400. The van der Waals surface area contributed by atoms with Crippen molar-refractivity contribution in [1.82, 2.24) is 14.5 Å². The summed E-state index contributed by atoms with van der Waals surface area (Å²) < 4.78 is 28.3. The highest BCUT2D eigenvalue weighted by Gasteiger charge is 2.22. The van der Waals surface area contributed by atoms with Gasteiger partial charge in [0.25, 0.3) is 0 Å². The number of halogens is 1. The van der Waals surface area contributed by atoms with Crippen molar-refractivity contribution in [3.8, 4) is 0 Å². The first-order valence-corrected chi connectivity index (χ1v) is 8.06. The molecule has 0 spiro atoms. The van der Waals surface area contributed by atoms with E-state index in [1.807, 2.05) is 0 Å². The molecule has 0 fully saturated rings. The molecule has 0 saturated carbocycles. The summed E-state index contributed by atoms with van der Waals surface area (Å²) in [5, 5.41) is 5.00. The molecule has 1 rings (SSSR count). The predicted octanol–water partition coefficient (Wildman–Crippen LogP) is 1.49. The summed E-state index contributed by atoms with van der Waals surface area (Å²) in [4.78, 5) is 0.304. The molecular formula is C10H18BrN3O2S. The monoisotopic (exact) mass is 323 g/mol. The van der Waals surface area contributed by atoms with E-state index >= 15 is 0 Å². The number of hydrogen-bond donors (Lipinski definition) is 1. The Kier molecular flexibility index (Phi) is 5.15. The number of nitrogens with one attached hydrogen (secondary N) is 1. The van der Waals surface area contributed by atoms with Crippen molar-refractivity contribution in [3.05, 3.63) is 11.4 Å². The Bertz CT molecular complexity index is 482. The van der Waals surface area contributed by atoms with Crippen LogP contribution in [0.1, 0.15) is 24.2 Å². The fourth-order valence-corrected chi connectivity index (χ4v) is 3.55. The molecule has 0 unspecified atom stereocenters. The molecule has 0 radical (unpaired) electrons. The van der Waals surface area contributed by atoms with E-state index < -0.39 is 10.0 Å². The molecule has 0 atom stereocenters. The van der Waals surface area contributed by atoms with Gasteiger partial charge in [-0.1, -0.05) is 15.9 Å². The maximum atomic E-state index is 12.1. The lowest BCUT2D eigenvalue weighted by atomic mass is 10.3. The van der Waals surface area contributed by atoms with E-state index in [-0.39, 0.29) is 0 Å². The van der Waals surface area contributed by atoms with Gasteiger partial charge in [0, 0.05) is 18.9 Å². The zero-order valence-corrected chi connectivity index (χ0v) is 12.7. The summed E-state index contributed by atoms with van der Waals surface area (Å²) in [6, 6.07) is 0. The second kappa shape index (κ2) is 5.97. The zero-order chi connectivity index (χ0) is 13.1. The molecule has 0 bridgehead atoms. The van der Waals surface area contributed by atoms with Crippen LogP contribution in [0, 0.1) is 13.8 Å². The topological polar surface area (TPSA) is 64.0 Å². The molecule has 17 heavy (non-hydrogen) atoms. The minimum atomic E-state index is -3.43. The van der Waals surface area contributed by atoms with Gasteiger partial charge in [-0.3, -0.25) is 4.68 Å². The molecule has 0 aliphatic carbocycles. The first-order valence-electron chi connectivity index (χ1n) is 5.46. The maximum Gasteiger partial charge on any atom is 0.244 e. The molecule has 0 aliphatic rings. The highest BCUT2D eigenvalue weighted by Crippen LogP contribution is 2.18. The van der Waals surface area contributed by atoms with Crippen molar-refractivity contribution < 1.29 is 8.42 Å². The SMILES string of the molecule is Cc1nn(C)c(C)c1S(=O)(=O)NCCCCBr. The predicted molar refractivity (Wildman–Crippen MR) is 70.9 cm³/mol. The first-order chi connectivity index (χ1) is 7.90. The summed E-state index contributed by atoms with van der Waals surface area (Å²) >= 11 is 3.31. The van der Waals surface area contributed by atoms with Crippen LogP contribution in [0.4, 0.5) is 0 Å². The third kappa shape index (κ3) is 3.53. The summed E-state index contributed by atoms with van der Waals surface area (Å²) in [6.45, 7) is 3.93. The van der Waals surface area contributed by atoms with E-state index in [1.54, 1.807) is 25.6 Å². The smallest absolute Gasteiger partial charge is 0.244 e. The molecule has 5 nitrogen and oxygen atoms in total. The van der Waals surface area contributed by atoms with Crippen LogP contribution in [0.25, 0.3) is 0 Å². The van der Waals surface area contributed by atoms with Crippen LogP contribution in [0.5, 0.6) is 0 Å². The van der Waals surface area contributed by atoms with E-state index in [0.717, 1.165) is 18.2 Å². The molecule has 1 aromatic heterocycles. The first kappa shape index (κ1) is 14.7. The third-order valence-electron chi connectivity index (χ3n) is 2.56. The van der Waals surface area contributed by atoms with Gasteiger partial charge in [0.15, 0.2) is 0 Å².